The van der Waals surface area contributed by atoms with E-state index in [0.29, 0.717) is 6.04 Å². The van der Waals surface area contributed by atoms with E-state index in [-0.39, 0.29) is 0 Å². The quantitative estimate of drug-likeness (QED) is 0.747. The highest BCUT2D eigenvalue weighted by molar-refractivity contribution is 9.10. The van der Waals surface area contributed by atoms with Gasteiger partial charge in [-0.15, -0.1) is 0 Å². The summed E-state index contributed by atoms with van der Waals surface area (Å²) in [6.45, 7) is 1.30. The predicted molar refractivity (Wildman–Crippen MR) is 70.5 cm³/mol. The van der Waals surface area contributed by atoms with Crippen molar-refractivity contribution in [2.24, 2.45) is 0 Å². The highest BCUT2D eigenvalue weighted by atomic mass is 79.9. The molecule has 2 aliphatic heterocycles. The highest BCUT2D eigenvalue weighted by Crippen LogP contribution is 2.42. The maximum atomic E-state index is 3.70. The molecule has 2 heteroatoms. The molecule has 0 radical (unpaired) electrons. The Kier molecular flexibility index (Phi) is 3.03. The van der Waals surface area contributed by atoms with Gasteiger partial charge in [-0.1, -0.05) is 40.5 Å². The van der Waals surface area contributed by atoms with Crippen LogP contribution in [0.25, 0.3) is 0 Å². The van der Waals surface area contributed by atoms with Crippen molar-refractivity contribution in [3.63, 3.8) is 0 Å². The second-order valence-electron chi connectivity index (χ2n) is 5.00. The normalized spacial score (nSPS) is 30.3. The standard InChI is InChI=1S/C14H18BrN/c15-13-7-2-1-6-12(13)14-9-8-11-5-3-4-10-16(11)14/h1-2,6-7,11,14H,3-5,8-10H2/t11-,14-/m1/s1. The van der Waals surface area contributed by atoms with Crippen LogP contribution < -0.4 is 0 Å². The number of rotatable bonds is 1. The molecule has 1 nitrogen and oxygen atoms in total. The fourth-order valence-corrected chi connectivity index (χ4v) is 3.89. The van der Waals surface area contributed by atoms with Crippen molar-refractivity contribution < 1.29 is 0 Å². The molecule has 86 valence electrons. The molecular formula is C14H18BrN. The molecule has 2 heterocycles. The van der Waals surface area contributed by atoms with E-state index >= 15 is 0 Å². The molecule has 0 amide bonds. The van der Waals surface area contributed by atoms with Gasteiger partial charge in [0.15, 0.2) is 0 Å². The number of benzene rings is 1. The Morgan fingerprint density at radius 3 is 2.81 bits per heavy atom. The molecule has 2 aliphatic rings. The van der Waals surface area contributed by atoms with Crippen LogP contribution in [0.15, 0.2) is 28.7 Å². The van der Waals surface area contributed by atoms with Gasteiger partial charge in [-0.3, -0.25) is 4.90 Å². The minimum atomic E-state index is 0.667. The minimum absolute atomic E-state index is 0.667. The highest BCUT2D eigenvalue weighted by Gasteiger charge is 2.35. The molecule has 3 rings (SSSR count). The van der Waals surface area contributed by atoms with Gasteiger partial charge >= 0.3 is 0 Å². The summed E-state index contributed by atoms with van der Waals surface area (Å²) in [6, 6.07) is 10.3. The van der Waals surface area contributed by atoms with Crippen molar-refractivity contribution in [1.82, 2.24) is 4.90 Å². The van der Waals surface area contributed by atoms with Crippen molar-refractivity contribution in [2.75, 3.05) is 6.54 Å². The van der Waals surface area contributed by atoms with Gasteiger partial charge in [0.2, 0.25) is 0 Å². The Morgan fingerprint density at radius 1 is 1.06 bits per heavy atom. The Morgan fingerprint density at radius 2 is 1.94 bits per heavy atom. The molecule has 0 bridgehead atoms. The third-order valence-electron chi connectivity index (χ3n) is 4.11. The average Bonchev–Trinajstić information content (AvgIpc) is 2.74. The summed E-state index contributed by atoms with van der Waals surface area (Å²) < 4.78 is 1.28. The van der Waals surface area contributed by atoms with Crippen molar-refractivity contribution in [3.8, 4) is 0 Å². The van der Waals surface area contributed by atoms with Crippen LogP contribution in [-0.4, -0.2) is 17.5 Å². The van der Waals surface area contributed by atoms with E-state index in [4.69, 9.17) is 0 Å². The van der Waals surface area contributed by atoms with Crippen LogP contribution in [0.4, 0.5) is 0 Å². The monoisotopic (exact) mass is 279 g/mol. The van der Waals surface area contributed by atoms with E-state index < -0.39 is 0 Å². The van der Waals surface area contributed by atoms with Gasteiger partial charge in [-0.25, -0.2) is 0 Å². The zero-order valence-electron chi connectivity index (χ0n) is 9.53. The summed E-state index contributed by atoms with van der Waals surface area (Å²) in [4.78, 5) is 2.74. The molecule has 2 atom stereocenters. The van der Waals surface area contributed by atoms with Gasteiger partial charge in [0.1, 0.15) is 0 Å². The molecule has 2 saturated heterocycles. The maximum absolute atomic E-state index is 3.70. The molecule has 0 aliphatic carbocycles. The average molecular weight is 280 g/mol. The van der Waals surface area contributed by atoms with Crippen LogP contribution in [0.5, 0.6) is 0 Å². The second kappa shape index (κ2) is 4.50. The third-order valence-corrected chi connectivity index (χ3v) is 4.83. The Hall–Kier alpha value is -0.340. The van der Waals surface area contributed by atoms with Crippen LogP contribution in [0.1, 0.15) is 43.7 Å². The summed E-state index contributed by atoms with van der Waals surface area (Å²) in [5.74, 6) is 0. The lowest BCUT2D eigenvalue weighted by atomic mass is 10.0. The number of nitrogens with zero attached hydrogens (tertiary/aromatic N) is 1. The van der Waals surface area contributed by atoms with Crippen LogP contribution in [0.3, 0.4) is 0 Å². The molecule has 0 spiro atoms. The summed E-state index contributed by atoms with van der Waals surface area (Å²) in [5.41, 5.74) is 1.49. The van der Waals surface area contributed by atoms with Crippen molar-refractivity contribution >= 4 is 15.9 Å². The van der Waals surface area contributed by atoms with E-state index in [1.165, 1.54) is 48.7 Å². The van der Waals surface area contributed by atoms with E-state index in [0.717, 1.165) is 6.04 Å². The van der Waals surface area contributed by atoms with Gasteiger partial charge in [0, 0.05) is 16.6 Å². The van der Waals surface area contributed by atoms with Crippen molar-refractivity contribution in [2.45, 2.75) is 44.2 Å². The van der Waals surface area contributed by atoms with Gasteiger partial charge in [-0.2, -0.15) is 0 Å². The Bertz CT molecular complexity index is 377. The number of fused-ring (bicyclic) bond motifs is 1. The Labute approximate surface area is 106 Å². The first-order chi connectivity index (χ1) is 7.86. The maximum Gasteiger partial charge on any atom is 0.0362 e. The van der Waals surface area contributed by atoms with Crippen LogP contribution in [-0.2, 0) is 0 Å². The summed E-state index contributed by atoms with van der Waals surface area (Å²) in [5, 5.41) is 0. The van der Waals surface area contributed by atoms with E-state index in [2.05, 4.69) is 45.1 Å². The topological polar surface area (TPSA) is 3.24 Å². The third kappa shape index (κ3) is 1.82. The van der Waals surface area contributed by atoms with Crippen LogP contribution in [0.2, 0.25) is 0 Å². The first-order valence-electron chi connectivity index (χ1n) is 6.36. The first-order valence-corrected chi connectivity index (χ1v) is 7.16. The summed E-state index contributed by atoms with van der Waals surface area (Å²) in [6.07, 6.45) is 6.97. The minimum Gasteiger partial charge on any atom is -0.293 e. The van der Waals surface area contributed by atoms with E-state index in [1.54, 1.807) is 0 Å². The molecule has 1 aromatic carbocycles. The zero-order valence-corrected chi connectivity index (χ0v) is 11.1. The number of piperidine rings is 1. The van der Waals surface area contributed by atoms with Crippen LogP contribution in [0, 0.1) is 0 Å². The number of halogens is 1. The predicted octanol–water partition coefficient (Wildman–Crippen LogP) is 4.14. The summed E-state index contributed by atoms with van der Waals surface area (Å²) >= 11 is 3.70. The second-order valence-corrected chi connectivity index (χ2v) is 5.86. The number of hydrogen-bond acceptors (Lipinski definition) is 1. The molecule has 1 aromatic rings. The smallest absolute Gasteiger partial charge is 0.0362 e. The van der Waals surface area contributed by atoms with Gasteiger partial charge < -0.3 is 0 Å². The van der Waals surface area contributed by atoms with Crippen molar-refractivity contribution in [3.05, 3.63) is 34.3 Å². The lowest BCUT2D eigenvalue weighted by molar-refractivity contribution is 0.149. The fraction of sp³-hybridized carbons (Fsp3) is 0.571. The zero-order chi connectivity index (χ0) is 11.0. The largest absolute Gasteiger partial charge is 0.293 e. The molecule has 0 N–H and O–H groups in total. The van der Waals surface area contributed by atoms with Gasteiger partial charge in [-0.05, 0) is 43.9 Å². The summed E-state index contributed by atoms with van der Waals surface area (Å²) in [7, 11) is 0. The first kappa shape index (κ1) is 10.8. The molecular weight excluding hydrogens is 262 g/mol. The van der Waals surface area contributed by atoms with E-state index in [1.807, 2.05) is 0 Å². The number of hydrogen-bond donors (Lipinski definition) is 0. The Balaban J connectivity index is 1.88. The fourth-order valence-electron chi connectivity index (χ4n) is 3.34. The molecule has 16 heavy (non-hydrogen) atoms. The molecule has 0 aromatic heterocycles. The molecule has 0 unspecified atom stereocenters. The lowest BCUT2D eigenvalue weighted by Gasteiger charge is -2.34. The molecule has 0 saturated carbocycles. The van der Waals surface area contributed by atoms with Gasteiger partial charge in [0.05, 0.1) is 0 Å². The molecule has 2 fully saturated rings. The van der Waals surface area contributed by atoms with E-state index in [9.17, 15) is 0 Å². The van der Waals surface area contributed by atoms with Crippen LogP contribution >= 0.6 is 15.9 Å². The SMILES string of the molecule is Brc1ccccc1[C@H]1CC[C@H]2CCCCN21. The lowest BCUT2D eigenvalue weighted by Crippen LogP contribution is -2.35. The van der Waals surface area contributed by atoms with Gasteiger partial charge in [0.25, 0.3) is 0 Å². The van der Waals surface area contributed by atoms with Crippen molar-refractivity contribution in [1.29, 1.82) is 0 Å².